The third-order valence-corrected chi connectivity index (χ3v) is 5.39. The minimum Gasteiger partial charge on any atom is -0.336 e. The van der Waals surface area contributed by atoms with Crippen molar-refractivity contribution in [3.05, 3.63) is 76.8 Å². The number of para-hydroxylation sites is 1. The Morgan fingerprint density at radius 3 is 2.65 bits per heavy atom. The van der Waals surface area contributed by atoms with Crippen LogP contribution in [0.15, 0.2) is 66.2 Å². The zero-order chi connectivity index (χ0) is 17.9. The predicted molar refractivity (Wildman–Crippen MR) is 106 cm³/mol. The van der Waals surface area contributed by atoms with E-state index >= 15 is 0 Å². The number of benzene rings is 2. The van der Waals surface area contributed by atoms with Gasteiger partial charge in [0.05, 0.1) is 22.8 Å². The summed E-state index contributed by atoms with van der Waals surface area (Å²) in [5.41, 5.74) is 3.38. The van der Waals surface area contributed by atoms with Gasteiger partial charge in [-0.05, 0) is 37.1 Å². The first kappa shape index (κ1) is 17.1. The summed E-state index contributed by atoms with van der Waals surface area (Å²) in [4.78, 5) is 14.4. The van der Waals surface area contributed by atoms with E-state index in [4.69, 9.17) is 11.6 Å². The summed E-state index contributed by atoms with van der Waals surface area (Å²) >= 11 is 6.38. The summed E-state index contributed by atoms with van der Waals surface area (Å²) in [6, 6.07) is 18.0. The van der Waals surface area contributed by atoms with Gasteiger partial charge in [-0.3, -0.25) is 4.90 Å². The van der Waals surface area contributed by atoms with E-state index in [1.165, 1.54) is 11.1 Å². The molecule has 2 unspecified atom stereocenters. The highest BCUT2D eigenvalue weighted by Crippen LogP contribution is 2.32. The van der Waals surface area contributed by atoms with Gasteiger partial charge in [0, 0.05) is 6.54 Å². The van der Waals surface area contributed by atoms with E-state index in [-0.39, 0.29) is 18.1 Å². The second-order valence-electron chi connectivity index (χ2n) is 6.74. The second-order valence-corrected chi connectivity index (χ2v) is 7.14. The molecule has 4 nitrogen and oxygen atoms in total. The molecule has 2 aliphatic heterocycles. The monoisotopic (exact) mass is 367 g/mol. The predicted octanol–water partition coefficient (Wildman–Crippen LogP) is 3.77. The molecule has 0 radical (unpaired) electrons. The highest BCUT2D eigenvalue weighted by atomic mass is 35.5. The van der Waals surface area contributed by atoms with Crippen LogP contribution in [-0.2, 0) is 6.42 Å². The van der Waals surface area contributed by atoms with Crippen molar-refractivity contribution in [3.63, 3.8) is 0 Å². The van der Waals surface area contributed by atoms with Gasteiger partial charge in [-0.2, -0.15) is 0 Å². The fourth-order valence-corrected chi connectivity index (χ4v) is 4.10. The maximum absolute atomic E-state index is 12.6. The van der Waals surface area contributed by atoms with Gasteiger partial charge in [0.15, 0.2) is 0 Å². The number of halogens is 1. The molecule has 4 rings (SSSR count). The Morgan fingerprint density at radius 1 is 1.08 bits per heavy atom. The molecule has 2 atom stereocenters. The van der Waals surface area contributed by atoms with E-state index in [9.17, 15) is 4.79 Å². The average Bonchev–Trinajstić information content (AvgIpc) is 3.05. The molecular weight excluding hydrogens is 346 g/mol. The van der Waals surface area contributed by atoms with E-state index in [0.29, 0.717) is 11.6 Å². The van der Waals surface area contributed by atoms with Crippen molar-refractivity contribution in [3.8, 4) is 0 Å². The smallest absolute Gasteiger partial charge is 0.322 e. The number of hydrogen-bond donors (Lipinski definition) is 2. The molecule has 0 spiro atoms. The maximum atomic E-state index is 12.6. The number of nitrogens with one attached hydrogen (secondary N) is 2. The van der Waals surface area contributed by atoms with Crippen LogP contribution in [0.25, 0.3) is 0 Å². The molecule has 2 aromatic carbocycles. The van der Waals surface area contributed by atoms with E-state index in [0.717, 1.165) is 25.1 Å². The molecule has 2 aromatic rings. The fourth-order valence-electron chi connectivity index (χ4n) is 3.87. The number of carbonyl (C=O) groups is 1. The maximum Gasteiger partial charge on any atom is 0.322 e. The minimum atomic E-state index is -0.0884. The summed E-state index contributed by atoms with van der Waals surface area (Å²) in [5.74, 6) is 0. The summed E-state index contributed by atoms with van der Waals surface area (Å²) in [7, 11) is 0. The number of carbonyl (C=O) groups excluding carboxylic acids is 1. The Labute approximate surface area is 158 Å². The SMILES string of the molecule is O=C1NCC(C2NCCC=C2Cc2ccccc2)N1c1ccccc1Cl. The van der Waals surface area contributed by atoms with Crippen LogP contribution in [0.5, 0.6) is 0 Å². The van der Waals surface area contributed by atoms with Gasteiger partial charge in [0.2, 0.25) is 0 Å². The Hall–Kier alpha value is -2.30. The van der Waals surface area contributed by atoms with Crippen molar-refractivity contribution in [2.24, 2.45) is 0 Å². The van der Waals surface area contributed by atoms with Crippen LogP contribution in [0.1, 0.15) is 12.0 Å². The van der Waals surface area contributed by atoms with Crippen molar-refractivity contribution >= 4 is 23.3 Å². The second kappa shape index (κ2) is 7.52. The van der Waals surface area contributed by atoms with Gasteiger partial charge in [-0.1, -0.05) is 65.7 Å². The van der Waals surface area contributed by atoms with Gasteiger partial charge < -0.3 is 10.6 Å². The van der Waals surface area contributed by atoms with Crippen LogP contribution in [0.3, 0.4) is 0 Å². The molecule has 2 aliphatic rings. The number of rotatable bonds is 4. The molecule has 1 saturated heterocycles. The van der Waals surface area contributed by atoms with Crippen molar-refractivity contribution in [2.75, 3.05) is 18.0 Å². The van der Waals surface area contributed by atoms with Crippen LogP contribution < -0.4 is 15.5 Å². The van der Waals surface area contributed by atoms with Crippen molar-refractivity contribution in [1.82, 2.24) is 10.6 Å². The molecule has 0 aliphatic carbocycles. The number of hydrogen-bond acceptors (Lipinski definition) is 2. The summed E-state index contributed by atoms with van der Waals surface area (Å²) in [5, 5.41) is 7.21. The summed E-state index contributed by atoms with van der Waals surface area (Å²) in [6.07, 6.45) is 4.22. The summed E-state index contributed by atoms with van der Waals surface area (Å²) in [6.45, 7) is 1.53. The van der Waals surface area contributed by atoms with Gasteiger partial charge >= 0.3 is 6.03 Å². The van der Waals surface area contributed by atoms with E-state index in [2.05, 4.69) is 41.0 Å². The van der Waals surface area contributed by atoms with E-state index < -0.39 is 0 Å². The number of urea groups is 1. The van der Waals surface area contributed by atoms with Crippen LogP contribution in [-0.4, -0.2) is 31.2 Å². The molecule has 26 heavy (non-hydrogen) atoms. The number of nitrogens with zero attached hydrogens (tertiary/aromatic N) is 1. The lowest BCUT2D eigenvalue weighted by molar-refractivity contribution is 0.251. The van der Waals surface area contributed by atoms with E-state index in [1.54, 1.807) is 0 Å². The third-order valence-electron chi connectivity index (χ3n) is 5.08. The fraction of sp³-hybridized carbons (Fsp3) is 0.286. The lowest BCUT2D eigenvalue weighted by Crippen LogP contribution is -2.52. The topological polar surface area (TPSA) is 44.4 Å². The van der Waals surface area contributed by atoms with E-state index in [1.807, 2.05) is 35.2 Å². The minimum absolute atomic E-state index is 0.00216. The molecular formula is C21H22ClN3O. The van der Waals surface area contributed by atoms with Gasteiger partial charge in [-0.15, -0.1) is 0 Å². The molecule has 1 fully saturated rings. The number of amides is 2. The lowest BCUT2D eigenvalue weighted by atomic mass is 9.90. The first-order valence-corrected chi connectivity index (χ1v) is 9.39. The Kier molecular flexibility index (Phi) is 4.96. The third kappa shape index (κ3) is 3.35. The molecule has 0 bridgehead atoms. The van der Waals surface area contributed by atoms with Crippen molar-refractivity contribution in [2.45, 2.75) is 24.9 Å². The molecule has 0 aromatic heterocycles. The summed E-state index contributed by atoms with van der Waals surface area (Å²) < 4.78 is 0. The Bertz CT molecular complexity index is 821. The zero-order valence-corrected chi connectivity index (χ0v) is 15.2. The molecule has 5 heteroatoms. The molecule has 2 heterocycles. The van der Waals surface area contributed by atoms with Crippen LogP contribution in [0.4, 0.5) is 10.5 Å². The highest BCUT2D eigenvalue weighted by molar-refractivity contribution is 6.33. The zero-order valence-electron chi connectivity index (χ0n) is 14.5. The van der Waals surface area contributed by atoms with Crippen molar-refractivity contribution in [1.29, 1.82) is 0 Å². The van der Waals surface area contributed by atoms with Crippen LogP contribution in [0, 0.1) is 0 Å². The first-order chi connectivity index (χ1) is 12.7. The number of anilines is 1. The van der Waals surface area contributed by atoms with Crippen LogP contribution >= 0.6 is 11.6 Å². The normalized spacial score (nSPS) is 22.9. The molecule has 2 amide bonds. The largest absolute Gasteiger partial charge is 0.336 e. The van der Waals surface area contributed by atoms with Gasteiger partial charge in [0.25, 0.3) is 0 Å². The quantitative estimate of drug-likeness (QED) is 0.808. The molecule has 134 valence electrons. The highest BCUT2D eigenvalue weighted by Gasteiger charge is 2.40. The van der Waals surface area contributed by atoms with Gasteiger partial charge in [-0.25, -0.2) is 4.79 Å². The Balaban J connectivity index is 1.63. The average molecular weight is 368 g/mol. The molecule has 0 saturated carbocycles. The first-order valence-electron chi connectivity index (χ1n) is 9.02. The van der Waals surface area contributed by atoms with Crippen molar-refractivity contribution < 1.29 is 4.79 Å². The van der Waals surface area contributed by atoms with Crippen LogP contribution in [0.2, 0.25) is 5.02 Å². The standard InChI is InChI=1S/C21H22ClN3O/c22-17-10-4-5-11-18(17)25-19(14-24-21(25)26)20-16(9-6-12-23-20)13-15-7-2-1-3-8-15/h1-5,7-11,19-20,23H,6,12-14H2,(H,24,26). The molecule has 2 N–H and O–H groups in total. The Morgan fingerprint density at radius 2 is 1.85 bits per heavy atom. The lowest BCUT2D eigenvalue weighted by Gasteiger charge is -2.35. The van der Waals surface area contributed by atoms with Gasteiger partial charge in [0.1, 0.15) is 0 Å².